The van der Waals surface area contributed by atoms with Crippen molar-refractivity contribution in [1.29, 1.82) is 0 Å². The fraction of sp³-hybridized carbons (Fsp3) is 0.111. The Morgan fingerprint density at radius 2 is 1.79 bits per heavy atom. The number of fused-ring (bicyclic) bond motifs is 1. The molecule has 0 unspecified atom stereocenters. The molecule has 148 valence electrons. The normalized spacial score (nSPS) is 12.5. The van der Waals surface area contributed by atoms with Crippen LogP contribution in [0.15, 0.2) is 42.5 Å². The van der Waals surface area contributed by atoms with Gasteiger partial charge in [0.05, 0.1) is 10.5 Å². The number of nitro groups is 1. The predicted molar refractivity (Wildman–Crippen MR) is 94.5 cm³/mol. The fourth-order valence-corrected chi connectivity index (χ4v) is 2.66. The number of anilines is 1. The molecule has 3 amide bonds. The van der Waals surface area contributed by atoms with Crippen molar-refractivity contribution < 1.29 is 33.2 Å². The highest BCUT2D eigenvalue weighted by Crippen LogP contribution is 2.30. The highest BCUT2D eigenvalue weighted by Gasteiger charge is 2.41. The molecular formula is C18H12FN3O7. The Bertz CT molecular complexity index is 1040. The van der Waals surface area contributed by atoms with E-state index in [9.17, 15) is 33.7 Å². The minimum Gasteiger partial charge on any atom is -0.454 e. The van der Waals surface area contributed by atoms with Crippen LogP contribution in [0.5, 0.6) is 0 Å². The average molecular weight is 401 g/mol. The van der Waals surface area contributed by atoms with E-state index in [0.29, 0.717) is 4.90 Å². The van der Waals surface area contributed by atoms with Crippen molar-refractivity contribution in [3.63, 3.8) is 0 Å². The van der Waals surface area contributed by atoms with E-state index >= 15 is 0 Å². The highest BCUT2D eigenvalue weighted by molar-refractivity contribution is 6.24. The molecule has 0 radical (unpaired) electrons. The molecule has 0 spiro atoms. The van der Waals surface area contributed by atoms with E-state index in [2.05, 4.69) is 5.32 Å². The molecule has 0 saturated heterocycles. The van der Waals surface area contributed by atoms with Gasteiger partial charge < -0.3 is 10.1 Å². The first kappa shape index (κ1) is 19.6. The Kier molecular flexibility index (Phi) is 5.30. The molecule has 2 aromatic rings. The van der Waals surface area contributed by atoms with Crippen molar-refractivity contribution >= 4 is 35.1 Å². The molecule has 0 saturated carbocycles. The maximum atomic E-state index is 12.8. The SMILES string of the molecule is O=C(COC(=O)CN1C(=O)c2cccc([N+](=O)[O-])c2C1=O)Nc1ccc(F)cc1. The van der Waals surface area contributed by atoms with Crippen LogP contribution in [0, 0.1) is 15.9 Å². The summed E-state index contributed by atoms with van der Waals surface area (Å²) in [4.78, 5) is 59.1. The van der Waals surface area contributed by atoms with Crippen LogP contribution in [0.3, 0.4) is 0 Å². The van der Waals surface area contributed by atoms with Gasteiger partial charge >= 0.3 is 5.97 Å². The zero-order valence-electron chi connectivity index (χ0n) is 14.6. The quantitative estimate of drug-likeness (QED) is 0.335. The molecule has 2 aromatic carbocycles. The number of esters is 1. The first-order valence-electron chi connectivity index (χ1n) is 8.12. The van der Waals surface area contributed by atoms with Crippen LogP contribution in [-0.4, -0.2) is 46.7 Å². The number of nitrogens with one attached hydrogen (secondary N) is 1. The van der Waals surface area contributed by atoms with E-state index < -0.39 is 58.8 Å². The predicted octanol–water partition coefficient (Wildman–Crippen LogP) is 1.51. The van der Waals surface area contributed by atoms with Crippen LogP contribution >= 0.6 is 0 Å². The molecule has 10 nitrogen and oxygen atoms in total. The molecular weight excluding hydrogens is 389 g/mol. The third kappa shape index (κ3) is 4.08. The van der Waals surface area contributed by atoms with Crippen molar-refractivity contribution in [3.05, 3.63) is 69.5 Å². The van der Waals surface area contributed by atoms with Crippen LogP contribution in [0.1, 0.15) is 20.7 Å². The second kappa shape index (κ2) is 7.84. The number of carbonyl (C=O) groups is 4. The average Bonchev–Trinajstić information content (AvgIpc) is 2.93. The molecule has 1 aliphatic heterocycles. The van der Waals surface area contributed by atoms with Crippen molar-refractivity contribution in [3.8, 4) is 0 Å². The summed E-state index contributed by atoms with van der Waals surface area (Å²) in [6.45, 7) is -1.52. The van der Waals surface area contributed by atoms with Crippen molar-refractivity contribution in [2.75, 3.05) is 18.5 Å². The Hall–Kier alpha value is -4.15. The van der Waals surface area contributed by atoms with Gasteiger partial charge in [-0.2, -0.15) is 0 Å². The number of ether oxygens (including phenoxy) is 1. The zero-order chi connectivity index (χ0) is 21.1. The van der Waals surface area contributed by atoms with E-state index in [1.54, 1.807) is 0 Å². The third-order valence-electron chi connectivity index (χ3n) is 3.95. The maximum absolute atomic E-state index is 12.8. The van der Waals surface area contributed by atoms with E-state index in [0.717, 1.165) is 18.2 Å². The first-order chi connectivity index (χ1) is 13.8. The lowest BCUT2D eigenvalue weighted by molar-refractivity contribution is -0.385. The number of halogens is 1. The van der Waals surface area contributed by atoms with Gasteiger partial charge in [-0.3, -0.25) is 34.2 Å². The molecule has 1 N–H and O–H groups in total. The van der Waals surface area contributed by atoms with Gasteiger partial charge in [-0.1, -0.05) is 6.07 Å². The van der Waals surface area contributed by atoms with Crippen molar-refractivity contribution in [2.24, 2.45) is 0 Å². The van der Waals surface area contributed by atoms with Crippen molar-refractivity contribution in [2.45, 2.75) is 0 Å². The van der Waals surface area contributed by atoms with Crippen LogP contribution in [-0.2, 0) is 14.3 Å². The number of carbonyl (C=O) groups excluding carboxylic acids is 4. The molecule has 0 atom stereocenters. The molecule has 11 heteroatoms. The van der Waals surface area contributed by atoms with E-state index in [1.165, 1.54) is 24.3 Å². The molecule has 29 heavy (non-hydrogen) atoms. The summed E-state index contributed by atoms with van der Waals surface area (Å²) in [5.41, 5.74) is -0.856. The van der Waals surface area contributed by atoms with Crippen LogP contribution in [0.2, 0.25) is 0 Å². The van der Waals surface area contributed by atoms with Gasteiger partial charge in [0.1, 0.15) is 17.9 Å². The number of benzene rings is 2. The van der Waals surface area contributed by atoms with Gasteiger partial charge in [-0.25, -0.2) is 4.39 Å². The molecule has 0 aliphatic carbocycles. The third-order valence-corrected chi connectivity index (χ3v) is 3.95. The minimum atomic E-state index is -1.06. The standard InChI is InChI=1S/C18H12FN3O7/c19-10-4-6-11(7-5-10)20-14(23)9-29-15(24)8-21-17(25)12-2-1-3-13(22(27)28)16(12)18(21)26/h1-7H,8-9H2,(H,20,23). The van der Waals surface area contributed by atoms with Gasteiger partial charge in [0.15, 0.2) is 6.61 Å². The number of hydrogen-bond donors (Lipinski definition) is 1. The van der Waals surface area contributed by atoms with Crippen LogP contribution in [0.25, 0.3) is 0 Å². The Morgan fingerprint density at radius 3 is 2.45 bits per heavy atom. The van der Waals surface area contributed by atoms with Gasteiger partial charge in [0.2, 0.25) is 0 Å². The summed E-state index contributed by atoms with van der Waals surface area (Å²) in [6.07, 6.45) is 0. The summed E-state index contributed by atoms with van der Waals surface area (Å²) < 4.78 is 17.6. The fourth-order valence-electron chi connectivity index (χ4n) is 2.66. The number of amides is 3. The van der Waals surface area contributed by atoms with Crippen molar-refractivity contribution in [1.82, 2.24) is 4.90 Å². The van der Waals surface area contributed by atoms with Gasteiger partial charge in [0.25, 0.3) is 23.4 Å². The van der Waals surface area contributed by atoms with E-state index in [-0.39, 0.29) is 11.3 Å². The number of imide groups is 1. The Morgan fingerprint density at radius 1 is 1.10 bits per heavy atom. The van der Waals surface area contributed by atoms with E-state index in [4.69, 9.17) is 4.74 Å². The van der Waals surface area contributed by atoms with Gasteiger partial charge in [0, 0.05) is 11.8 Å². The summed E-state index contributed by atoms with van der Waals surface area (Å²) in [6, 6.07) is 8.44. The number of nitro benzene ring substituents is 1. The molecule has 1 aliphatic rings. The number of rotatable bonds is 6. The topological polar surface area (TPSA) is 136 Å². The largest absolute Gasteiger partial charge is 0.454 e. The molecule has 0 aromatic heterocycles. The summed E-state index contributed by atoms with van der Waals surface area (Å²) in [5, 5.41) is 13.4. The van der Waals surface area contributed by atoms with Crippen LogP contribution in [0.4, 0.5) is 15.8 Å². The lowest BCUT2D eigenvalue weighted by Gasteiger charge is -2.13. The maximum Gasteiger partial charge on any atom is 0.326 e. The molecule has 0 fully saturated rings. The lowest BCUT2D eigenvalue weighted by atomic mass is 10.1. The van der Waals surface area contributed by atoms with E-state index in [1.807, 2.05) is 0 Å². The second-order valence-electron chi connectivity index (χ2n) is 5.87. The first-order valence-corrected chi connectivity index (χ1v) is 8.12. The number of nitrogens with zero attached hydrogens (tertiary/aromatic N) is 2. The van der Waals surface area contributed by atoms with Gasteiger partial charge in [-0.05, 0) is 30.3 Å². The molecule has 3 rings (SSSR count). The Balaban J connectivity index is 1.59. The Labute approximate surface area is 162 Å². The number of hydrogen-bond acceptors (Lipinski definition) is 7. The summed E-state index contributed by atoms with van der Waals surface area (Å²) in [7, 11) is 0. The minimum absolute atomic E-state index is 0.189. The zero-order valence-corrected chi connectivity index (χ0v) is 14.6. The summed E-state index contributed by atoms with van der Waals surface area (Å²) in [5.74, 6) is -4.14. The smallest absolute Gasteiger partial charge is 0.326 e. The van der Waals surface area contributed by atoms with Crippen LogP contribution < -0.4 is 5.32 Å². The molecule has 1 heterocycles. The monoisotopic (exact) mass is 401 g/mol. The summed E-state index contributed by atoms with van der Waals surface area (Å²) >= 11 is 0. The second-order valence-corrected chi connectivity index (χ2v) is 5.87. The highest BCUT2D eigenvalue weighted by atomic mass is 19.1. The lowest BCUT2D eigenvalue weighted by Crippen LogP contribution is -2.36. The molecule has 0 bridgehead atoms. The van der Waals surface area contributed by atoms with Gasteiger partial charge in [-0.15, -0.1) is 0 Å².